The van der Waals surface area contributed by atoms with E-state index in [1.165, 1.54) is 0 Å². The minimum atomic E-state index is -0.368. The maximum atomic E-state index is 12.0. The average molecular weight is 266 g/mol. The molecule has 0 unspecified atom stereocenters. The number of unbranched alkanes of at least 4 members (excludes halogenated alkanes) is 2. The minimum absolute atomic E-state index is 0.0840. The van der Waals surface area contributed by atoms with Crippen LogP contribution >= 0.6 is 0 Å². The lowest BCUT2D eigenvalue weighted by Gasteiger charge is -2.14. The van der Waals surface area contributed by atoms with E-state index in [0.717, 1.165) is 25.3 Å². The first kappa shape index (κ1) is 15.3. The molecule has 19 heavy (non-hydrogen) atoms. The molecular formula is C15H22O4. The van der Waals surface area contributed by atoms with Gasteiger partial charge in [0.2, 0.25) is 0 Å². The number of Topliss-reactive ketones (excluding diaryl/α,β-unsaturated/α-hetero) is 1. The summed E-state index contributed by atoms with van der Waals surface area (Å²) in [7, 11) is 0. The number of phenols is 3. The van der Waals surface area contributed by atoms with Crippen LogP contribution in [0.25, 0.3) is 0 Å². The molecule has 4 heteroatoms. The Hall–Kier alpha value is -1.71. The molecule has 0 aromatic heterocycles. The van der Waals surface area contributed by atoms with Crippen molar-refractivity contribution in [2.24, 2.45) is 5.92 Å². The first-order chi connectivity index (χ1) is 8.90. The van der Waals surface area contributed by atoms with Gasteiger partial charge in [0, 0.05) is 17.5 Å². The number of hydrogen-bond donors (Lipinski definition) is 3. The van der Waals surface area contributed by atoms with E-state index >= 15 is 0 Å². The first-order valence-corrected chi connectivity index (χ1v) is 6.71. The second-order valence-corrected chi connectivity index (χ2v) is 5.09. The van der Waals surface area contributed by atoms with Crippen LogP contribution in [0, 0.1) is 5.92 Å². The quantitative estimate of drug-likeness (QED) is 0.545. The van der Waals surface area contributed by atoms with Gasteiger partial charge in [-0.3, -0.25) is 4.79 Å². The summed E-state index contributed by atoms with van der Waals surface area (Å²) in [5.74, 6) is -1.47. The highest BCUT2D eigenvalue weighted by Crippen LogP contribution is 2.39. The molecule has 0 fully saturated rings. The zero-order valence-corrected chi connectivity index (χ0v) is 11.7. The lowest BCUT2D eigenvalue weighted by atomic mass is 9.94. The van der Waals surface area contributed by atoms with Crippen LogP contribution in [0.2, 0.25) is 0 Å². The zero-order valence-electron chi connectivity index (χ0n) is 11.7. The van der Waals surface area contributed by atoms with Gasteiger partial charge in [0.15, 0.2) is 5.78 Å². The smallest absolute Gasteiger partial charge is 0.172 e. The largest absolute Gasteiger partial charge is 0.507 e. The van der Waals surface area contributed by atoms with Gasteiger partial charge < -0.3 is 15.3 Å². The maximum Gasteiger partial charge on any atom is 0.172 e. The van der Waals surface area contributed by atoms with Crippen molar-refractivity contribution in [1.82, 2.24) is 0 Å². The van der Waals surface area contributed by atoms with Crippen molar-refractivity contribution in [1.29, 1.82) is 0 Å². The summed E-state index contributed by atoms with van der Waals surface area (Å²) in [6, 6.07) is 1.14. The van der Waals surface area contributed by atoms with Crippen LogP contribution in [0.1, 0.15) is 56.0 Å². The summed E-state index contributed by atoms with van der Waals surface area (Å²) in [6.07, 6.45) is 3.31. The van der Waals surface area contributed by atoms with E-state index in [9.17, 15) is 20.1 Å². The van der Waals surface area contributed by atoms with Gasteiger partial charge in [-0.1, -0.05) is 33.6 Å². The fourth-order valence-electron chi connectivity index (χ4n) is 2.01. The van der Waals surface area contributed by atoms with E-state index in [0.29, 0.717) is 12.0 Å². The number of aromatic hydroxyl groups is 3. The van der Waals surface area contributed by atoms with Crippen LogP contribution in [-0.2, 0) is 6.42 Å². The third-order valence-corrected chi connectivity index (χ3v) is 3.16. The third-order valence-electron chi connectivity index (χ3n) is 3.16. The van der Waals surface area contributed by atoms with Crippen molar-refractivity contribution in [2.75, 3.05) is 0 Å². The highest BCUT2D eigenvalue weighted by atomic mass is 16.3. The van der Waals surface area contributed by atoms with Crippen molar-refractivity contribution in [3.63, 3.8) is 0 Å². The predicted molar refractivity (Wildman–Crippen MR) is 73.8 cm³/mol. The van der Waals surface area contributed by atoms with Gasteiger partial charge in [-0.05, 0) is 12.8 Å². The second kappa shape index (κ2) is 6.45. The molecule has 0 atom stereocenters. The van der Waals surface area contributed by atoms with Crippen LogP contribution < -0.4 is 0 Å². The van der Waals surface area contributed by atoms with Crippen molar-refractivity contribution >= 4 is 5.78 Å². The molecule has 0 aliphatic carbocycles. The monoisotopic (exact) mass is 266 g/mol. The zero-order chi connectivity index (χ0) is 14.6. The maximum absolute atomic E-state index is 12.0. The molecule has 0 saturated carbocycles. The molecule has 4 nitrogen and oxygen atoms in total. The Morgan fingerprint density at radius 2 is 1.79 bits per heavy atom. The fraction of sp³-hybridized carbons (Fsp3) is 0.533. The molecule has 0 spiro atoms. The number of ketones is 1. The number of carbonyl (C=O) groups excluding carboxylic acids is 1. The summed E-state index contributed by atoms with van der Waals surface area (Å²) in [4.78, 5) is 12.0. The Morgan fingerprint density at radius 1 is 1.16 bits per heavy atom. The van der Waals surface area contributed by atoms with Gasteiger partial charge in [0.05, 0.1) is 0 Å². The highest BCUT2D eigenvalue weighted by Gasteiger charge is 2.24. The van der Waals surface area contributed by atoms with Crippen molar-refractivity contribution < 1.29 is 20.1 Å². The van der Waals surface area contributed by atoms with Crippen LogP contribution in [0.5, 0.6) is 17.2 Å². The van der Waals surface area contributed by atoms with Gasteiger partial charge in [-0.25, -0.2) is 0 Å². The Kier molecular flexibility index (Phi) is 5.21. The summed E-state index contributed by atoms with van der Waals surface area (Å²) in [5.41, 5.74) is 0.259. The van der Waals surface area contributed by atoms with E-state index in [1.54, 1.807) is 13.8 Å². The van der Waals surface area contributed by atoms with Crippen LogP contribution in [0.4, 0.5) is 0 Å². The molecule has 106 valence electrons. The van der Waals surface area contributed by atoms with Gasteiger partial charge >= 0.3 is 0 Å². The molecule has 1 rings (SSSR count). The van der Waals surface area contributed by atoms with E-state index in [4.69, 9.17) is 0 Å². The Balaban J connectivity index is 3.19. The first-order valence-electron chi connectivity index (χ1n) is 6.71. The molecule has 0 bridgehead atoms. The topological polar surface area (TPSA) is 77.8 Å². The lowest BCUT2D eigenvalue weighted by molar-refractivity contribution is 0.0933. The Labute approximate surface area is 113 Å². The molecule has 0 amide bonds. The number of hydrogen-bond acceptors (Lipinski definition) is 4. The molecule has 3 N–H and O–H groups in total. The van der Waals surface area contributed by atoms with Crippen LogP contribution in [0.15, 0.2) is 6.07 Å². The van der Waals surface area contributed by atoms with Crippen LogP contribution in [0.3, 0.4) is 0 Å². The summed E-state index contributed by atoms with van der Waals surface area (Å²) in [5, 5.41) is 29.7. The van der Waals surface area contributed by atoms with Crippen molar-refractivity contribution in [2.45, 2.75) is 46.5 Å². The number of rotatable bonds is 6. The summed E-state index contributed by atoms with van der Waals surface area (Å²) >= 11 is 0. The summed E-state index contributed by atoms with van der Waals surface area (Å²) < 4.78 is 0. The molecule has 1 aromatic carbocycles. The average Bonchev–Trinajstić information content (AvgIpc) is 2.32. The predicted octanol–water partition coefficient (Wildman–Crippen LogP) is 3.37. The summed E-state index contributed by atoms with van der Waals surface area (Å²) in [6.45, 7) is 5.46. The van der Waals surface area contributed by atoms with E-state index in [-0.39, 0.29) is 34.5 Å². The highest BCUT2D eigenvalue weighted by molar-refractivity contribution is 6.03. The molecule has 1 aromatic rings. The molecular weight excluding hydrogens is 244 g/mol. The number of phenolic OH excluding ortho intramolecular Hbond substituents is 3. The standard InChI is InChI=1S/C15H22O4/c1-4-5-6-7-10-11(16)8-12(17)13(15(10)19)14(18)9(2)3/h8-9,16-17,19H,4-7H2,1-3H3. The van der Waals surface area contributed by atoms with Crippen LogP contribution in [-0.4, -0.2) is 21.1 Å². The fourth-order valence-corrected chi connectivity index (χ4v) is 2.01. The molecule has 0 aliphatic rings. The van der Waals surface area contributed by atoms with Gasteiger partial charge in [-0.2, -0.15) is 0 Å². The molecule has 0 aliphatic heterocycles. The molecule has 0 heterocycles. The van der Waals surface area contributed by atoms with E-state index in [1.807, 2.05) is 0 Å². The number of benzene rings is 1. The van der Waals surface area contributed by atoms with Gasteiger partial charge in [-0.15, -0.1) is 0 Å². The molecule has 0 radical (unpaired) electrons. The Bertz CT molecular complexity index is 464. The molecule has 0 saturated heterocycles. The normalized spacial score (nSPS) is 10.9. The second-order valence-electron chi connectivity index (χ2n) is 5.09. The third kappa shape index (κ3) is 3.40. The Morgan fingerprint density at radius 3 is 2.32 bits per heavy atom. The van der Waals surface area contributed by atoms with Crippen molar-refractivity contribution in [3.8, 4) is 17.2 Å². The van der Waals surface area contributed by atoms with E-state index in [2.05, 4.69) is 6.92 Å². The SMILES string of the molecule is CCCCCc1c(O)cc(O)c(C(=O)C(C)C)c1O. The van der Waals surface area contributed by atoms with Gasteiger partial charge in [0.1, 0.15) is 22.8 Å². The van der Waals surface area contributed by atoms with E-state index < -0.39 is 0 Å². The minimum Gasteiger partial charge on any atom is -0.507 e. The lowest BCUT2D eigenvalue weighted by Crippen LogP contribution is -2.09. The number of carbonyl (C=O) groups is 1. The van der Waals surface area contributed by atoms with Gasteiger partial charge in [0.25, 0.3) is 0 Å². The van der Waals surface area contributed by atoms with Crippen molar-refractivity contribution in [3.05, 3.63) is 17.2 Å².